The molecule has 0 aliphatic carbocycles. The lowest BCUT2D eigenvalue weighted by Crippen LogP contribution is -2.41. The predicted octanol–water partition coefficient (Wildman–Crippen LogP) is 3.31. The molecule has 0 bridgehead atoms. The summed E-state index contributed by atoms with van der Waals surface area (Å²) in [6.07, 6.45) is 1.45. The zero-order chi connectivity index (χ0) is 19.4. The number of likely N-dealkylation sites (tertiary alicyclic amines) is 1. The van der Waals surface area contributed by atoms with Crippen LogP contribution in [0.2, 0.25) is 0 Å². The normalized spacial score (nSPS) is 19.1. The zero-order valence-corrected chi connectivity index (χ0v) is 19.3. The van der Waals surface area contributed by atoms with Crippen molar-refractivity contribution < 1.29 is 13.2 Å². The number of guanidine groups is 1. The fourth-order valence-corrected chi connectivity index (χ4v) is 3.24. The van der Waals surface area contributed by atoms with Crippen LogP contribution in [-0.4, -0.2) is 80.8 Å². The highest BCUT2D eigenvalue weighted by molar-refractivity contribution is 14.0. The van der Waals surface area contributed by atoms with E-state index < -0.39 is 12.7 Å². The number of nitrogens with one attached hydrogen (secondary N) is 2. The molecule has 0 aromatic carbocycles. The predicted molar refractivity (Wildman–Crippen MR) is 117 cm³/mol. The van der Waals surface area contributed by atoms with Crippen LogP contribution in [0.25, 0.3) is 0 Å². The van der Waals surface area contributed by atoms with E-state index in [1.54, 1.807) is 0 Å². The van der Waals surface area contributed by atoms with E-state index in [0.717, 1.165) is 32.0 Å². The van der Waals surface area contributed by atoms with Gasteiger partial charge in [-0.15, -0.1) is 24.0 Å². The molecule has 0 saturated carbocycles. The topological polar surface area (TPSA) is 42.9 Å². The molecule has 0 radical (unpaired) electrons. The van der Waals surface area contributed by atoms with Gasteiger partial charge in [0.15, 0.2) is 5.96 Å². The fraction of sp³-hybridized carbons (Fsp3) is 0.944. The third kappa shape index (κ3) is 13.5. The quantitative estimate of drug-likeness (QED) is 0.206. The Morgan fingerprint density at radius 2 is 1.96 bits per heavy atom. The highest BCUT2D eigenvalue weighted by atomic mass is 127. The second kappa shape index (κ2) is 14.7. The first-order valence-corrected chi connectivity index (χ1v) is 9.83. The molecule has 1 aliphatic rings. The van der Waals surface area contributed by atoms with Crippen molar-refractivity contribution in [3.05, 3.63) is 0 Å². The van der Waals surface area contributed by atoms with Crippen LogP contribution >= 0.6 is 24.0 Å². The Kier molecular flexibility index (Phi) is 14.5. The number of piperidine rings is 1. The van der Waals surface area contributed by atoms with E-state index in [9.17, 15) is 13.2 Å². The molecule has 5 nitrogen and oxygen atoms in total. The van der Waals surface area contributed by atoms with Gasteiger partial charge in [-0.2, -0.15) is 13.2 Å². The second-order valence-electron chi connectivity index (χ2n) is 7.13. The van der Waals surface area contributed by atoms with Crippen molar-refractivity contribution in [3.8, 4) is 0 Å². The molecule has 9 heteroatoms. The van der Waals surface area contributed by atoms with Crippen LogP contribution in [0.1, 0.15) is 46.0 Å². The molecule has 1 unspecified atom stereocenters. The van der Waals surface area contributed by atoms with Gasteiger partial charge < -0.3 is 15.5 Å². The smallest absolute Gasteiger partial charge is 0.357 e. The van der Waals surface area contributed by atoms with Gasteiger partial charge in [0.25, 0.3) is 0 Å². The lowest BCUT2D eigenvalue weighted by molar-refractivity contribution is -0.143. The third-order valence-corrected chi connectivity index (χ3v) is 4.62. The Balaban J connectivity index is 0.00000676. The van der Waals surface area contributed by atoms with Crippen LogP contribution in [0.5, 0.6) is 0 Å². The van der Waals surface area contributed by atoms with Crippen molar-refractivity contribution in [1.29, 1.82) is 0 Å². The molecule has 0 amide bonds. The number of rotatable bonds is 10. The van der Waals surface area contributed by atoms with Crippen LogP contribution < -0.4 is 10.6 Å². The summed E-state index contributed by atoms with van der Waals surface area (Å²) < 4.78 is 36.8. The first kappa shape index (κ1) is 26.7. The summed E-state index contributed by atoms with van der Waals surface area (Å²) >= 11 is 0. The van der Waals surface area contributed by atoms with E-state index >= 15 is 0 Å². The number of hydrogen-bond acceptors (Lipinski definition) is 3. The van der Waals surface area contributed by atoms with E-state index in [0.29, 0.717) is 25.6 Å². The van der Waals surface area contributed by atoms with Gasteiger partial charge in [-0.3, -0.25) is 9.89 Å². The van der Waals surface area contributed by atoms with Gasteiger partial charge in [0.1, 0.15) is 0 Å². The van der Waals surface area contributed by atoms with Gasteiger partial charge in [0, 0.05) is 32.2 Å². The molecule has 27 heavy (non-hydrogen) atoms. The summed E-state index contributed by atoms with van der Waals surface area (Å²) in [6.45, 7) is 8.24. The van der Waals surface area contributed by atoms with Crippen LogP contribution in [-0.2, 0) is 0 Å². The standard InChI is InChI=1S/C18H36F3N5.HI/c1-4-22-17(23-10-7-12-25(3)15-18(19,20)21)24-11-8-14-26-13-6-5-9-16(26)2;/h16H,4-15H2,1-3H3,(H2,22,23,24);1H. The van der Waals surface area contributed by atoms with Gasteiger partial charge in [-0.1, -0.05) is 6.42 Å². The van der Waals surface area contributed by atoms with Crippen molar-refractivity contribution >= 4 is 29.9 Å². The Morgan fingerprint density at radius 1 is 1.22 bits per heavy atom. The van der Waals surface area contributed by atoms with E-state index in [2.05, 4.69) is 27.4 Å². The molecule has 1 rings (SSSR count). The summed E-state index contributed by atoms with van der Waals surface area (Å²) in [7, 11) is 1.49. The Labute approximate surface area is 179 Å². The summed E-state index contributed by atoms with van der Waals surface area (Å²) in [5, 5.41) is 6.51. The fourth-order valence-electron chi connectivity index (χ4n) is 3.24. The molecular weight excluding hydrogens is 470 g/mol. The molecule has 1 heterocycles. The molecule has 1 fully saturated rings. The Bertz CT molecular complexity index is 407. The average Bonchev–Trinajstić information content (AvgIpc) is 2.55. The first-order valence-electron chi connectivity index (χ1n) is 9.83. The number of halogens is 4. The lowest BCUT2D eigenvalue weighted by Gasteiger charge is -2.33. The van der Waals surface area contributed by atoms with Crippen LogP contribution in [0.15, 0.2) is 4.99 Å². The van der Waals surface area contributed by atoms with Gasteiger partial charge in [-0.05, 0) is 59.7 Å². The number of alkyl halides is 3. The Hall–Kier alpha value is -0.290. The second-order valence-corrected chi connectivity index (χ2v) is 7.13. The Morgan fingerprint density at radius 3 is 2.59 bits per heavy atom. The highest BCUT2D eigenvalue weighted by Gasteiger charge is 2.28. The minimum Gasteiger partial charge on any atom is -0.357 e. The molecule has 0 aromatic rings. The summed E-state index contributed by atoms with van der Waals surface area (Å²) in [4.78, 5) is 8.29. The maximum absolute atomic E-state index is 12.3. The maximum Gasteiger partial charge on any atom is 0.401 e. The third-order valence-electron chi connectivity index (χ3n) is 4.62. The van der Waals surface area contributed by atoms with Gasteiger partial charge >= 0.3 is 6.18 Å². The van der Waals surface area contributed by atoms with Crippen molar-refractivity contribution in [2.75, 3.05) is 52.9 Å². The minimum absolute atomic E-state index is 0. The van der Waals surface area contributed by atoms with E-state index in [4.69, 9.17) is 0 Å². The number of hydrogen-bond donors (Lipinski definition) is 2. The summed E-state index contributed by atoms with van der Waals surface area (Å²) in [6, 6.07) is 0.680. The molecule has 1 aliphatic heterocycles. The van der Waals surface area contributed by atoms with Crippen molar-refractivity contribution in [1.82, 2.24) is 20.4 Å². The van der Waals surface area contributed by atoms with Crippen LogP contribution in [0.3, 0.4) is 0 Å². The highest BCUT2D eigenvalue weighted by Crippen LogP contribution is 2.16. The molecule has 1 saturated heterocycles. The van der Waals surface area contributed by atoms with Crippen molar-refractivity contribution in [2.45, 2.75) is 58.2 Å². The van der Waals surface area contributed by atoms with E-state index in [1.807, 2.05) is 6.92 Å². The van der Waals surface area contributed by atoms with Crippen molar-refractivity contribution in [2.24, 2.45) is 4.99 Å². The monoisotopic (exact) mass is 507 g/mol. The SMILES string of the molecule is CCNC(=NCCCN(C)CC(F)(F)F)NCCCN1CCCCC1C.I. The van der Waals surface area contributed by atoms with Crippen LogP contribution in [0, 0.1) is 0 Å². The first-order chi connectivity index (χ1) is 12.3. The maximum atomic E-state index is 12.3. The zero-order valence-electron chi connectivity index (χ0n) is 16.9. The molecular formula is C18H37F3IN5. The number of aliphatic imine (C=N–C) groups is 1. The van der Waals surface area contributed by atoms with Gasteiger partial charge in [0.05, 0.1) is 6.54 Å². The summed E-state index contributed by atoms with van der Waals surface area (Å²) in [5.74, 6) is 0.748. The number of nitrogens with zero attached hydrogens (tertiary/aromatic N) is 3. The molecule has 2 N–H and O–H groups in total. The largest absolute Gasteiger partial charge is 0.401 e. The van der Waals surface area contributed by atoms with E-state index in [-0.39, 0.29) is 24.0 Å². The van der Waals surface area contributed by atoms with Gasteiger partial charge in [0.2, 0.25) is 0 Å². The lowest BCUT2D eigenvalue weighted by atomic mass is 10.0. The van der Waals surface area contributed by atoms with Gasteiger partial charge in [-0.25, -0.2) is 0 Å². The minimum atomic E-state index is -4.14. The van der Waals surface area contributed by atoms with E-state index in [1.165, 1.54) is 37.8 Å². The summed E-state index contributed by atoms with van der Waals surface area (Å²) in [5.41, 5.74) is 0. The molecule has 162 valence electrons. The van der Waals surface area contributed by atoms with Crippen molar-refractivity contribution in [3.63, 3.8) is 0 Å². The molecule has 0 spiro atoms. The molecule has 1 atom stereocenters. The average molecular weight is 507 g/mol. The van der Waals surface area contributed by atoms with Crippen LogP contribution in [0.4, 0.5) is 13.2 Å². The molecule has 0 aromatic heterocycles.